The van der Waals surface area contributed by atoms with Gasteiger partial charge in [0.1, 0.15) is 17.2 Å². The Kier molecular flexibility index (Phi) is 5.32. The molecular formula is C32H24N2O4S. The molecule has 1 N–H and O–H groups in total. The molecule has 192 valence electrons. The van der Waals surface area contributed by atoms with Gasteiger partial charge in [0.15, 0.2) is 11.6 Å². The van der Waals surface area contributed by atoms with Gasteiger partial charge in [-0.2, -0.15) is 0 Å². The molecule has 0 bridgehead atoms. The van der Waals surface area contributed by atoms with Gasteiger partial charge in [-0.3, -0.25) is 14.4 Å². The zero-order valence-electron chi connectivity index (χ0n) is 21.0. The number of thiophene rings is 1. The third-order valence-electron chi connectivity index (χ3n) is 8.26. The van der Waals surface area contributed by atoms with Crippen molar-refractivity contribution in [1.29, 1.82) is 0 Å². The summed E-state index contributed by atoms with van der Waals surface area (Å²) in [5.41, 5.74) is 2.40. The molecule has 3 aliphatic heterocycles. The molecule has 3 aliphatic rings. The lowest BCUT2D eigenvalue weighted by Crippen LogP contribution is -2.49. The molecule has 4 aromatic rings. The van der Waals surface area contributed by atoms with Crippen LogP contribution in [-0.2, 0) is 10.2 Å². The normalized spacial score (nSPS) is 24.2. The van der Waals surface area contributed by atoms with E-state index in [1.807, 2.05) is 77.2 Å². The molecule has 0 saturated carbocycles. The van der Waals surface area contributed by atoms with Crippen LogP contribution < -0.4 is 10.1 Å². The van der Waals surface area contributed by atoms with Gasteiger partial charge in [0.05, 0.1) is 23.9 Å². The van der Waals surface area contributed by atoms with E-state index in [4.69, 9.17) is 4.74 Å². The van der Waals surface area contributed by atoms with E-state index < -0.39 is 23.4 Å². The highest BCUT2D eigenvalue weighted by atomic mass is 32.1. The van der Waals surface area contributed by atoms with E-state index in [1.54, 1.807) is 37.4 Å². The summed E-state index contributed by atoms with van der Waals surface area (Å²) in [7, 11) is 1.57. The largest absolute Gasteiger partial charge is 0.497 e. The Balaban J connectivity index is 1.53. The van der Waals surface area contributed by atoms with E-state index >= 15 is 0 Å². The molecular weight excluding hydrogens is 508 g/mol. The second-order valence-electron chi connectivity index (χ2n) is 10.0. The highest BCUT2D eigenvalue weighted by Crippen LogP contribution is 2.62. The molecule has 1 spiro atoms. The molecule has 4 atom stereocenters. The van der Waals surface area contributed by atoms with Gasteiger partial charge in [-0.25, -0.2) is 0 Å². The Labute approximate surface area is 229 Å². The summed E-state index contributed by atoms with van der Waals surface area (Å²) in [5.74, 6) is -1.04. The quantitative estimate of drug-likeness (QED) is 0.332. The van der Waals surface area contributed by atoms with Gasteiger partial charge in [-0.1, -0.05) is 48.5 Å². The van der Waals surface area contributed by atoms with E-state index in [1.165, 1.54) is 11.3 Å². The zero-order chi connectivity index (χ0) is 26.7. The number of nitrogens with zero attached hydrogens (tertiary/aromatic N) is 1. The maximum absolute atomic E-state index is 14.7. The van der Waals surface area contributed by atoms with Crippen LogP contribution in [0, 0.1) is 5.92 Å². The second-order valence-corrected chi connectivity index (χ2v) is 11.0. The summed E-state index contributed by atoms with van der Waals surface area (Å²) in [5, 5.41) is 4.93. The third-order valence-corrected chi connectivity index (χ3v) is 9.14. The van der Waals surface area contributed by atoms with Gasteiger partial charge in [-0.05, 0) is 64.5 Å². The molecule has 1 fully saturated rings. The Morgan fingerprint density at radius 2 is 1.69 bits per heavy atom. The number of hydrogen-bond donors (Lipinski definition) is 1. The fourth-order valence-corrected chi connectivity index (χ4v) is 7.36. The lowest BCUT2D eigenvalue weighted by atomic mass is 9.63. The van der Waals surface area contributed by atoms with Gasteiger partial charge in [-0.15, -0.1) is 11.3 Å². The minimum atomic E-state index is -1.33. The average Bonchev–Trinajstić information content (AvgIpc) is 3.69. The maximum Gasteiger partial charge on any atom is 0.238 e. The number of carbonyl (C=O) groups excluding carboxylic acids is 3. The van der Waals surface area contributed by atoms with Crippen molar-refractivity contribution in [2.45, 2.75) is 17.5 Å². The topological polar surface area (TPSA) is 75.7 Å². The van der Waals surface area contributed by atoms with Crippen molar-refractivity contribution < 1.29 is 19.1 Å². The van der Waals surface area contributed by atoms with Crippen molar-refractivity contribution in [3.05, 3.63) is 124 Å². The molecule has 39 heavy (non-hydrogen) atoms. The van der Waals surface area contributed by atoms with Crippen LogP contribution >= 0.6 is 11.3 Å². The van der Waals surface area contributed by atoms with Crippen LogP contribution in [0.4, 0.5) is 5.69 Å². The minimum absolute atomic E-state index is 0.167. The standard InChI is InChI=1S/C32H24N2O4S/c1-38-21-14-12-20(13-15-21)28(35)26-27(29(36)25-11-6-18-39-25)34-17-16-19-7-2-3-8-22(19)30(34)32(26)23-9-4-5-10-24(23)33-31(32)37/h2-18,26-27,30H,1H3,(H,33,37). The summed E-state index contributed by atoms with van der Waals surface area (Å²) < 4.78 is 5.31. The fraction of sp³-hybridized carbons (Fsp3) is 0.156. The van der Waals surface area contributed by atoms with E-state index in [9.17, 15) is 14.4 Å². The predicted octanol–water partition coefficient (Wildman–Crippen LogP) is 5.74. The first kappa shape index (κ1) is 23.6. The number of para-hydroxylation sites is 1. The van der Waals surface area contributed by atoms with Crippen LogP contribution in [-0.4, -0.2) is 35.5 Å². The molecule has 4 unspecified atom stereocenters. The average molecular weight is 533 g/mol. The number of rotatable bonds is 5. The molecule has 7 heteroatoms. The van der Waals surface area contributed by atoms with Crippen molar-refractivity contribution >= 4 is 40.6 Å². The van der Waals surface area contributed by atoms with E-state index in [2.05, 4.69) is 5.32 Å². The highest BCUT2D eigenvalue weighted by Gasteiger charge is 2.70. The Morgan fingerprint density at radius 1 is 0.923 bits per heavy atom. The van der Waals surface area contributed by atoms with E-state index in [0.717, 1.165) is 16.7 Å². The Morgan fingerprint density at radius 3 is 2.46 bits per heavy atom. The number of ether oxygens (including phenoxy) is 1. The summed E-state index contributed by atoms with van der Waals surface area (Å²) in [6.45, 7) is 0. The molecule has 4 heterocycles. The number of methoxy groups -OCH3 is 1. The van der Waals surface area contributed by atoms with Crippen molar-refractivity contribution in [2.24, 2.45) is 5.92 Å². The van der Waals surface area contributed by atoms with Crippen LogP contribution in [0.1, 0.15) is 42.8 Å². The first-order valence-corrected chi connectivity index (χ1v) is 13.6. The monoisotopic (exact) mass is 532 g/mol. The number of nitrogens with one attached hydrogen (secondary N) is 1. The van der Waals surface area contributed by atoms with Gasteiger partial charge < -0.3 is 15.0 Å². The van der Waals surface area contributed by atoms with Crippen LogP contribution in [0.15, 0.2) is 96.5 Å². The minimum Gasteiger partial charge on any atom is -0.497 e. The van der Waals surface area contributed by atoms with Gasteiger partial charge in [0, 0.05) is 17.5 Å². The molecule has 6 nitrogen and oxygen atoms in total. The number of carbonyl (C=O) groups is 3. The molecule has 1 amide bonds. The van der Waals surface area contributed by atoms with Gasteiger partial charge >= 0.3 is 0 Å². The predicted molar refractivity (Wildman–Crippen MR) is 150 cm³/mol. The number of anilines is 1. The first-order valence-electron chi connectivity index (χ1n) is 12.8. The van der Waals surface area contributed by atoms with Crippen LogP contribution in [0.2, 0.25) is 0 Å². The molecule has 3 aromatic carbocycles. The molecule has 0 radical (unpaired) electrons. The van der Waals surface area contributed by atoms with Gasteiger partial charge in [0.2, 0.25) is 5.91 Å². The SMILES string of the molecule is COc1ccc(C(=O)C2C(C(=O)c3cccs3)N3C=Cc4ccccc4C3C23C(=O)Nc2ccccc23)cc1. The van der Waals surface area contributed by atoms with E-state index in [-0.39, 0.29) is 17.5 Å². The fourth-order valence-electron chi connectivity index (χ4n) is 6.67. The smallest absolute Gasteiger partial charge is 0.238 e. The number of amides is 1. The summed E-state index contributed by atoms with van der Waals surface area (Å²) >= 11 is 1.35. The van der Waals surface area contributed by atoms with Crippen molar-refractivity contribution in [3.8, 4) is 5.75 Å². The van der Waals surface area contributed by atoms with Gasteiger partial charge in [0.25, 0.3) is 0 Å². The van der Waals surface area contributed by atoms with Crippen molar-refractivity contribution in [3.63, 3.8) is 0 Å². The second kappa shape index (κ2) is 8.78. The lowest BCUT2D eigenvalue weighted by Gasteiger charge is -2.38. The number of fused-ring (bicyclic) bond motifs is 6. The number of Topliss-reactive ketones (excluding diaryl/α,β-unsaturated/α-hetero) is 2. The summed E-state index contributed by atoms with van der Waals surface area (Å²) in [6.07, 6.45) is 3.85. The Hall–Kier alpha value is -4.49. The number of benzene rings is 3. The maximum atomic E-state index is 14.7. The van der Waals surface area contributed by atoms with Crippen molar-refractivity contribution in [2.75, 3.05) is 12.4 Å². The highest BCUT2D eigenvalue weighted by molar-refractivity contribution is 7.12. The summed E-state index contributed by atoms with van der Waals surface area (Å²) in [6, 6.07) is 24.5. The van der Waals surface area contributed by atoms with E-state index in [0.29, 0.717) is 21.9 Å². The number of hydrogen-bond acceptors (Lipinski definition) is 6. The van der Waals surface area contributed by atoms with Crippen molar-refractivity contribution in [1.82, 2.24) is 4.90 Å². The molecule has 0 aliphatic carbocycles. The van der Waals surface area contributed by atoms with Crippen LogP contribution in [0.25, 0.3) is 6.08 Å². The molecule has 7 rings (SSSR count). The lowest BCUT2D eigenvalue weighted by molar-refractivity contribution is -0.122. The number of ketones is 2. The molecule has 1 aromatic heterocycles. The molecule has 1 saturated heterocycles. The zero-order valence-corrected chi connectivity index (χ0v) is 21.9. The van der Waals surface area contributed by atoms with Crippen LogP contribution in [0.5, 0.6) is 5.75 Å². The Bertz CT molecular complexity index is 1660. The third kappa shape index (κ3) is 3.23. The summed E-state index contributed by atoms with van der Waals surface area (Å²) in [4.78, 5) is 45.9. The van der Waals surface area contributed by atoms with Crippen LogP contribution in [0.3, 0.4) is 0 Å². The first-order chi connectivity index (χ1) is 19.1.